The third-order valence-electron chi connectivity index (χ3n) is 12.6. The zero-order valence-corrected chi connectivity index (χ0v) is 33.1. The van der Waals surface area contributed by atoms with Crippen molar-refractivity contribution in [3.63, 3.8) is 0 Å². The van der Waals surface area contributed by atoms with E-state index in [2.05, 4.69) is 217 Å². The monoisotopic (exact) mass is 758 g/mol. The highest BCUT2D eigenvalue weighted by atomic mass is 32.1. The maximum Gasteiger partial charge on any atom is 0.0555 e. The smallest absolute Gasteiger partial charge is 0.0555 e. The molecule has 1 aliphatic carbocycles. The van der Waals surface area contributed by atoms with Crippen LogP contribution in [0.15, 0.2) is 194 Å². The van der Waals surface area contributed by atoms with Crippen LogP contribution in [0.2, 0.25) is 0 Å². The Morgan fingerprint density at radius 3 is 1.95 bits per heavy atom. The Balaban J connectivity index is 0.958. The number of rotatable bonds is 5. The Kier molecular flexibility index (Phi) is 7.18. The van der Waals surface area contributed by atoms with E-state index in [1.165, 1.54) is 91.8 Å². The van der Waals surface area contributed by atoms with Gasteiger partial charge in [-0.15, -0.1) is 11.3 Å². The summed E-state index contributed by atoms with van der Waals surface area (Å²) in [6.07, 6.45) is 0. The van der Waals surface area contributed by atoms with Crippen molar-refractivity contribution < 1.29 is 0 Å². The standard InChI is InChI=1S/C55H38N2S/c1-55(2)48-33-41(56(39-14-4-3-5-15-39)40-24-22-36(23-25-40)38-21-20-35-12-6-7-13-37(35)32-38)26-28-43(48)44-29-27-42(34-49(44)55)57-50-18-10-8-17-47(50)53-51(57)31-30-46-45-16-9-11-19-52(45)58-54(46)53/h3-34H,1-2H3. The average Bonchev–Trinajstić information content (AvgIpc) is 3.89. The topological polar surface area (TPSA) is 8.17 Å². The Hall–Kier alpha value is -6.94. The number of hydrogen-bond acceptors (Lipinski definition) is 2. The molecule has 0 N–H and O–H groups in total. The van der Waals surface area contributed by atoms with Gasteiger partial charge in [0.25, 0.3) is 0 Å². The molecular weight excluding hydrogens is 721 g/mol. The summed E-state index contributed by atoms with van der Waals surface area (Å²) in [4.78, 5) is 2.39. The number of fused-ring (bicyclic) bond motifs is 11. The van der Waals surface area contributed by atoms with E-state index in [-0.39, 0.29) is 5.41 Å². The number of para-hydroxylation sites is 2. The average molecular weight is 759 g/mol. The molecule has 0 atom stereocenters. The van der Waals surface area contributed by atoms with Gasteiger partial charge >= 0.3 is 0 Å². The van der Waals surface area contributed by atoms with Crippen LogP contribution in [0.3, 0.4) is 0 Å². The lowest BCUT2D eigenvalue weighted by molar-refractivity contribution is 0.660. The second-order valence-electron chi connectivity index (χ2n) is 16.2. The van der Waals surface area contributed by atoms with Crippen LogP contribution in [0.4, 0.5) is 17.1 Å². The lowest BCUT2D eigenvalue weighted by Gasteiger charge is -2.28. The summed E-state index contributed by atoms with van der Waals surface area (Å²) in [6.45, 7) is 4.78. The fourth-order valence-corrected chi connectivity index (χ4v) is 11.0. The first-order valence-electron chi connectivity index (χ1n) is 20.1. The maximum absolute atomic E-state index is 2.48. The minimum absolute atomic E-state index is 0.212. The van der Waals surface area contributed by atoms with Gasteiger partial charge in [-0.05, 0) is 117 Å². The molecule has 3 heteroatoms. The Labute approximate surface area is 341 Å². The molecular formula is C55H38N2S. The predicted octanol–water partition coefficient (Wildman–Crippen LogP) is 15.7. The normalized spacial score (nSPS) is 13.1. The van der Waals surface area contributed by atoms with Gasteiger partial charge in [0, 0.05) is 59.1 Å². The molecule has 12 rings (SSSR count). The Bertz CT molecular complexity index is 3420. The Morgan fingerprint density at radius 2 is 1.10 bits per heavy atom. The molecule has 0 fully saturated rings. The number of thiophene rings is 1. The van der Waals surface area contributed by atoms with Gasteiger partial charge in [-0.3, -0.25) is 0 Å². The largest absolute Gasteiger partial charge is 0.310 e. The van der Waals surface area contributed by atoms with Gasteiger partial charge in [0.05, 0.1) is 11.0 Å². The van der Waals surface area contributed by atoms with Gasteiger partial charge in [0.2, 0.25) is 0 Å². The van der Waals surface area contributed by atoms with E-state index in [1.807, 2.05) is 11.3 Å². The molecule has 1 aliphatic rings. The summed E-state index contributed by atoms with van der Waals surface area (Å²) < 4.78 is 5.18. The highest BCUT2D eigenvalue weighted by Crippen LogP contribution is 2.52. The van der Waals surface area contributed by atoms with Crippen LogP contribution >= 0.6 is 11.3 Å². The molecule has 0 saturated carbocycles. The van der Waals surface area contributed by atoms with Crippen LogP contribution in [0.1, 0.15) is 25.0 Å². The second-order valence-corrected chi connectivity index (χ2v) is 17.2. The lowest BCUT2D eigenvalue weighted by Crippen LogP contribution is -2.17. The molecule has 0 bridgehead atoms. The first-order chi connectivity index (χ1) is 28.5. The van der Waals surface area contributed by atoms with Gasteiger partial charge in [-0.25, -0.2) is 0 Å². The summed E-state index contributed by atoms with van der Waals surface area (Å²) in [5.41, 5.74) is 14.7. The fraction of sp³-hybridized carbons (Fsp3) is 0.0545. The lowest BCUT2D eigenvalue weighted by atomic mass is 9.82. The van der Waals surface area contributed by atoms with Gasteiger partial charge in [-0.2, -0.15) is 0 Å². The van der Waals surface area contributed by atoms with E-state index in [9.17, 15) is 0 Å². The molecule has 0 aliphatic heterocycles. The van der Waals surface area contributed by atoms with Crippen molar-refractivity contribution in [2.45, 2.75) is 19.3 Å². The molecule has 2 nitrogen and oxygen atoms in total. The highest BCUT2D eigenvalue weighted by Gasteiger charge is 2.36. The fourth-order valence-electron chi connectivity index (χ4n) is 9.70. The van der Waals surface area contributed by atoms with Crippen molar-refractivity contribution in [1.82, 2.24) is 4.57 Å². The minimum Gasteiger partial charge on any atom is -0.310 e. The first kappa shape index (κ1) is 33.2. The summed E-state index contributed by atoms with van der Waals surface area (Å²) in [5.74, 6) is 0. The van der Waals surface area contributed by atoms with Crippen LogP contribution in [0.25, 0.3) is 80.7 Å². The van der Waals surface area contributed by atoms with Crippen LogP contribution in [0, 0.1) is 0 Å². The first-order valence-corrected chi connectivity index (χ1v) is 20.9. The van der Waals surface area contributed by atoms with Crippen molar-refractivity contribution in [2.24, 2.45) is 0 Å². The molecule has 274 valence electrons. The van der Waals surface area contributed by atoms with E-state index in [0.717, 1.165) is 17.1 Å². The van der Waals surface area contributed by atoms with Crippen molar-refractivity contribution in [2.75, 3.05) is 4.90 Å². The number of anilines is 3. The molecule has 0 radical (unpaired) electrons. The second kappa shape index (κ2) is 12.5. The molecule has 0 amide bonds. The number of benzene rings is 9. The number of hydrogen-bond donors (Lipinski definition) is 0. The summed E-state index contributed by atoms with van der Waals surface area (Å²) in [6, 6.07) is 71.7. The SMILES string of the molecule is CC1(C)c2cc(N(c3ccccc3)c3ccc(-c4ccc5ccccc5c4)cc3)ccc2-c2ccc(-n3c4ccccc4c4c5sc6ccccc6c5ccc43)cc21. The minimum atomic E-state index is -0.212. The summed E-state index contributed by atoms with van der Waals surface area (Å²) in [7, 11) is 0. The molecule has 58 heavy (non-hydrogen) atoms. The summed E-state index contributed by atoms with van der Waals surface area (Å²) in [5, 5.41) is 7.83. The molecule has 0 saturated heterocycles. The zero-order chi connectivity index (χ0) is 38.5. The van der Waals surface area contributed by atoms with Crippen molar-refractivity contribution in [3.8, 4) is 27.9 Å². The van der Waals surface area contributed by atoms with E-state index >= 15 is 0 Å². The molecule has 0 unspecified atom stereocenters. The van der Waals surface area contributed by atoms with Crippen LogP contribution in [-0.4, -0.2) is 4.57 Å². The van der Waals surface area contributed by atoms with E-state index in [0.29, 0.717) is 0 Å². The molecule has 11 aromatic rings. The van der Waals surface area contributed by atoms with E-state index in [1.54, 1.807) is 0 Å². The van der Waals surface area contributed by atoms with Gasteiger partial charge in [-0.1, -0.05) is 135 Å². The third-order valence-corrected chi connectivity index (χ3v) is 13.8. The molecule has 2 aromatic heterocycles. The van der Waals surface area contributed by atoms with Crippen LogP contribution < -0.4 is 4.90 Å². The number of nitrogens with zero attached hydrogens (tertiary/aromatic N) is 2. The van der Waals surface area contributed by atoms with Gasteiger partial charge < -0.3 is 9.47 Å². The third kappa shape index (κ3) is 4.90. The highest BCUT2D eigenvalue weighted by molar-refractivity contribution is 7.26. The Morgan fingerprint density at radius 1 is 0.448 bits per heavy atom. The number of aromatic nitrogens is 1. The quantitative estimate of drug-likeness (QED) is 0.170. The van der Waals surface area contributed by atoms with Gasteiger partial charge in [0.1, 0.15) is 0 Å². The van der Waals surface area contributed by atoms with Crippen LogP contribution in [0.5, 0.6) is 0 Å². The van der Waals surface area contributed by atoms with E-state index in [4.69, 9.17) is 0 Å². The van der Waals surface area contributed by atoms with Crippen LogP contribution in [-0.2, 0) is 5.41 Å². The van der Waals surface area contributed by atoms with E-state index < -0.39 is 0 Å². The maximum atomic E-state index is 2.48. The molecule has 9 aromatic carbocycles. The zero-order valence-electron chi connectivity index (χ0n) is 32.3. The summed E-state index contributed by atoms with van der Waals surface area (Å²) >= 11 is 1.91. The van der Waals surface area contributed by atoms with Crippen molar-refractivity contribution >= 4 is 81.1 Å². The van der Waals surface area contributed by atoms with Crippen molar-refractivity contribution in [1.29, 1.82) is 0 Å². The predicted molar refractivity (Wildman–Crippen MR) is 249 cm³/mol. The van der Waals surface area contributed by atoms with Gasteiger partial charge in [0.15, 0.2) is 0 Å². The van der Waals surface area contributed by atoms with Crippen molar-refractivity contribution in [3.05, 3.63) is 205 Å². The molecule has 2 heterocycles. The molecule has 0 spiro atoms.